The summed E-state index contributed by atoms with van der Waals surface area (Å²) in [4.78, 5) is 4.30. The lowest BCUT2D eigenvalue weighted by Crippen LogP contribution is -2.09. The van der Waals surface area contributed by atoms with Gasteiger partial charge in [0.1, 0.15) is 0 Å². The summed E-state index contributed by atoms with van der Waals surface area (Å²) in [7, 11) is 0. The average Bonchev–Trinajstić information content (AvgIpc) is 2.27. The van der Waals surface area contributed by atoms with E-state index in [0.29, 0.717) is 0 Å². The van der Waals surface area contributed by atoms with E-state index in [4.69, 9.17) is 5.73 Å². The molecule has 0 amide bonds. The zero-order chi connectivity index (χ0) is 9.97. The van der Waals surface area contributed by atoms with Crippen molar-refractivity contribution in [1.82, 2.24) is 4.98 Å². The van der Waals surface area contributed by atoms with Gasteiger partial charge in [0.05, 0.1) is 5.52 Å². The van der Waals surface area contributed by atoms with E-state index < -0.39 is 0 Å². The van der Waals surface area contributed by atoms with Crippen molar-refractivity contribution >= 4 is 10.9 Å². The van der Waals surface area contributed by atoms with Crippen LogP contribution in [0.3, 0.4) is 0 Å². The number of rotatable bonds is 2. The SMILES string of the molecule is CC[C@H](N)c1cccc2ncccc12. The van der Waals surface area contributed by atoms with Crippen molar-refractivity contribution in [1.29, 1.82) is 0 Å². The van der Waals surface area contributed by atoms with Gasteiger partial charge in [0.15, 0.2) is 0 Å². The minimum Gasteiger partial charge on any atom is -0.324 e. The number of fused-ring (bicyclic) bond motifs is 1. The van der Waals surface area contributed by atoms with Gasteiger partial charge in [-0.1, -0.05) is 25.1 Å². The van der Waals surface area contributed by atoms with Crippen LogP contribution in [0.4, 0.5) is 0 Å². The van der Waals surface area contributed by atoms with Crippen LogP contribution in [0.1, 0.15) is 24.9 Å². The van der Waals surface area contributed by atoms with Crippen molar-refractivity contribution in [3.05, 3.63) is 42.1 Å². The lowest BCUT2D eigenvalue weighted by molar-refractivity contribution is 0.704. The molecule has 1 aromatic heterocycles. The van der Waals surface area contributed by atoms with Gasteiger partial charge in [-0.25, -0.2) is 0 Å². The van der Waals surface area contributed by atoms with Crippen LogP contribution in [0.5, 0.6) is 0 Å². The molecule has 0 fully saturated rings. The van der Waals surface area contributed by atoms with Gasteiger partial charge >= 0.3 is 0 Å². The fourth-order valence-electron chi connectivity index (χ4n) is 1.67. The Morgan fingerprint density at radius 1 is 1.29 bits per heavy atom. The molecule has 2 heteroatoms. The molecular weight excluding hydrogens is 172 g/mol. The minimum absolute atomic E-state index is 0.114. The molecule has 1 heterocycles. The van der Waals surface area contributed by atoms with Crippen LogP contribution in [0.2, 0.25) is 0 Å². The first-order chi connectivity index (χ1) is 6.83. The summed E-state index contributed by atoms with van der Waals surface area (Å²) in [5.41, 5.74) is 8.25. The highest BCUT2D eigenvalue weighted by Gasteiger charge is 2.06. The van der Waals surface area contributed by atoms with E-state index >= 15 is 0 Å². The summed E-state index contributed by atoms with van der Waals surface area (Å²) < 4.78 is 0. The molecular formula is C12H14N2. The van der Waals surface area contributed by atoms with Gasteiger partial charge < -0.3 is 5.73 Å². The predicted molar refractivity (Wildman–Crippen MR) is 59.0 cm³/mol. The molecule has 14 heavy (non-hydrogen) atoms. The number of hydrogen-bond acceptors (Lipinski definition) is 2. The van der Waals surface area contributed by atoms with Crippen LogP contribution in [0.15, 0.2) is 36.5 Å². The Hall–Kier alpha value is -1.41. The van der Waals surface area contributed by atoms with Crippen LogP contribution in [-0.4, -0.2) is 4.98 Å². The molecule has 0 aliphatic rings. The number of aromatic nitrogens is 1. The average molecular weight is 186 g/mol. The maximum absolute atomic E-state index is 6.03. The molecule has 0 saturated carbocycles. The Kier molecular flexibility index (Phi) is 2.46. The highest BCUT2D eigenvalue weighted by Crippen LogP contribution is 2.22. The molecule has 1 atom stereocenters. The number of hydrogen-bond donors (Lipinski definition) is 1. The third kappa shape index (κ3) is 1.49. The van der Waals surface area contributed by atoms with Crippen molar-refractivity contribution in [2.45, 2.75) is 19.4 Å². The Morgan fingerprint density at radius 2 is 2.14 bits per heavy atom. The molecule has 2 rings (SSSR count). The summed E-state index contributed by atoms with van der Waals surface area (Å²) in [5.74, 6) is 0. The van der Waals surface area contributed by atoms with Gasteiger partial charge in [-0.2, -0.15) is 0 Å². The molecule has 0 aliphatic carbocycles. The summed E-state index contributed by atoms with van der Waals surface area (Å²) in [6.07, 6.45) is 2.76. The van der Waals surface area contributed by atoms with E-state index in [2.05, 4.69) is 24.0 Å². The molecule has 0 unspecified atom stereocenters. The quantitative estimate of drug-likeness (QED) is 0.783. The Morgan fingerprint density at radius 3 is 2.93 bits per heavy atom. The number of pyridine rings is 1. The van der Waals surface area contributed by atoms with Gasteiger partial charge in [-0.15, -0.1) is 0 Å². The normalized spacial score (nSPS) is 13.0. The molecule has 1 aromatic carbocycles. The second-order valence-corrected chi connectivity index (χ2v) is 3.43. The maximum atomic E-state index is 6.03. The van der Waals surface area contributed by atoms with Crippen molar-refractivity contribution in [3.8, 4) is 0 Å². The second-order valence-electron chi connectivity index (χ2n) is 3.43. The maximum Gasteiger partial charge on any atom is 0.0705 e. The highest BCUT2D eigenvalue weighted by atomic mass is 14.7. The summed E-state index contributed by atoms with van der Waals surface area (Å²) in [6, 6.07) is 10.3. The lowest BCUT2D eigenvalue weighted by Gasteiger charge is -2.11. The van der Waals surface area contributed by atoms with Crippen molar-refractivity contribution < 1.29 is 0 Å². The predicted octanol–water partition coefficient (Wildman–Crippen LogP) is 2.64. The smallest absolute Gasteiger partial charge is 0.0705 e. The first-order valence-corrected chi connectivity index (χ1v) is 4.92. The molecule has 0 saturated heterocycles. The van der Waals surface area contributed by atoms with Crippen molar-refractivity contribution in [2.75, 3.05) is 0 Å². The first-order valence-electron chi connectivity index (χ1n) is 4.92. The lowest BCUT2D eigenvalue weighted by atomic mass is 10.0. The molecule has 2 nitrogen and oxygen atoms in total. The molecule has 0 spiro atoms. The van der Waals surface area contributed by atoms with Gasteiger partial charge in [-0.3, -0.25) is 4.98 Å². The molecule has 0 bridgehead atoms. The van der Waals surface area contributed by atoms with E-state index in [1.807, 2.05) is 24.4 Å². The summed E-state index contributed by atoms with van der Waals surface area (Å²) in [6.45, 7) is 2.10. The monoisotopic (exact) mass is 186 g/mol. The van der Waals surface area contributed by atoms with E-state index in [1.165, 1.54) is 10.9 Å². The fourth-order valence-corrected chi connectivity index (χ4v) is 1.67. The largest absolute Gasteiger partial charge is 0.324 e. The Balaban J connectivity index is 2.65. The van der Waals surface area contributed by atoms with Crippen LogP contribution >= 0.6 is 0 Å². The van der Waals surface area contributed by atoms with Crippen LogP contribution in [-0.2, 0) is 0 Å². The van der Waals surface area contributed by atoms with E-state index in [-0.39, 0.29) is 6.04 Å². The Bertz CT molecular complexity index is 432. The third-order valence-electron chi connectivity index (χ3n) is 2.52. The zero-order valence-corrected chi connectivity index (χ0v) is 8.27. The van der Waals surface area contributed by atoms with Crippen molar-refractivity contribution in [2.24, 2.45) is 5.73 Å². The standard InChI is InChI=1S/C12H14N2/c1-2-11(13)9-5-3-7-12-10(9)6-4-8-14-12/h3-8,11H,2,13H2,1H3/t11-/m0/s1. The van der Waals surface area contributed by atoms with Gasteiger partial charge in [-0.05, 0) is 24.1 Å². The summed E-state index contributed by atoms with van der Waals surface area (Å²) >= 11 is 0. The molecule has 2 N–H and O–H groups in total. The van der Waals surface area contributed by atoms with Crippen molar-refractivity contribution in [3.63, 3.8) is 0 Å². The van der Waals surface area contributed by atoms with Crippen LogP contribution in [0.25, 0.3) is 10.9 Å². The number of nitrogens with zero attached hydrogens (tertiary/aromatic N) is 1. The molecule has 0 aliphatic heterocycles. The molecule has 72 valence electrons. The third-order valence-corrected chi connectivity index (χ3v) is 2.52. The van der Waals surface area contributed by atoms with Gasteiger partial charge in [0, 0.05) is 17.6 Å². The van der Waals surface area contributed by atoms with E-state index in [0.717, 1.165) is 11.9 Å². The topological polar surface area (TPSA) is 38.9 Å². The first kappa shape index (κ1) is 9.16. The number of nitrogens with two attached hydrogens (primary N) is 1. The van der Waals surface area contributed by atoms with E-state index in [1.54, 1.807) is 0 Å². The Labute approximate surface area is 83.8 Å². The summed E-state index contributed by atoms with van der Waals surface area (Å²) in [5, 5.41) is 1.17. The number of benzene rings is 1. The fraction of sp³-hybridized carbons (Fsp3) is 0.250. The molecule has 0 radical (unpaired) electrons. The van der Waals surface area contributed by atoms with E-state index in [9.17, 15) is 0 Å². The van der Waals surface area contributed by atoms with Crippen LogP contribution < -0.4 is 5.73 Å². The van der Waals surface area contributed by atoms with Gasteiger partial charge in [0.2, 0.25) is 0 Å². The zero-order valence-electron chi connectivity index (χ0n) is 8.27. The van der Waals surface area contributed by atoms with Gasteiger partial charge in [0.25, 0.3) is 0 Å². The van der Waals surface area contributed by atoms with Crippen LogP contribution in [0, 0.1) is 0 Å². The highest BCUT2D eigenvalue weighted by molar-refractivity contribution is 5.82. The second kappa shape index (κ2) is 3.76. The molecule has 2 aromatic rings. The minimum atomic E-state index is 0.114.